The second-order valence-electron chi connectivity index (χ2n) is 6.05. The summed E-state index contributed by atoms with van der Waals surface area (Å²) in [7, 11) is 0. The highest BCUT2D eigenvalue weighted by molar-refractivity contribution is 6.02. The minimum Gasteiger partial charge on any atom is -0.447 e. The lowest BCUT2D eigenvalue weighted by atomic mass is 10.1. The van der Waals surface area contributed by atoms with Crippen LogP contribution in [0.1, 0.15) is 16.7 Å². The molecule has 0 bridgehead atoms. The van der Waals surface area contributed by atoms with Gasteiger partial charge in [-0.3, -0.25) is 4.79 Å². The number of alkyl halides is 3. The number of halogens is 3. The van der Waals surface area contributed by atoms with E-state index < -0.39 is 29.8 Å². The maximum absolute atomic E-state index is 13.0. The average molecular weight is 375 g/mol. The molecule has 1 fully saturated rings. The first-order valence-corrected chi connectivity index (χ1v) is 8.24. The molecule has 27 heavy (non-hydrogen) atoms. The molecule has 0 radical (unpaired) electrons. The van der Waals surface area contributed by atoms with Gasteiger partial charge in [0.15, 0.2) is 0 Å². The molecule has 2 aromatic carbocycles. The lowest BCUT2D eigenvalue weighted by molar-refractivity contribution is -0.137. The van der Waals surface area contributed by atoms with Gasteiger partial charge in [0.05, 0.1) is 11.6 Å². The second-order valence-corrected chi connectivity index (χ2v) is 6.05. The van der Waals surface area contributed by atoms with Gasteiger partial charge < -0.3 is 4.74 Å². The van der Waals surface area contributed by atoms with Gasteiger partial charge >= 0.3 is 12.3 Å². The Morgan fingerprint density at radius 1 is 1.11 bits per heavy atom. The van der Waals surface area contributed by atoms with Crippen molar-refractivity contribution in [3.8, 4) is 0 Å². The summed E-state index contributed by atoms with van der Waals surface area (Å²) in [4.78, 5) is 25.3. The molecule has 0 N–H and O–H groups in total. The fourth-order valence-electron chi connectivity index (χ4n) is 2.91. The largest absolute Gasteiger partial charge is 0.447 e. The Labute approximate surface area is 153 Å². The first kappa shape index (κ1) is 18.7. The summed E-state index contributed by atoms with van der Waals surface area (Å²) in [6.45, 7) is 0.0481. The lowest BCUT2D eigenvalue weighted by Gasteiger charge is -2.18. The van der Waals surface area contributed by atoms with Crippen LogP contribution in [-0.4, -0.2) is 29.5 Å². The van der Waals surface area contributed by atoms with Crippen molar-refractivity contribution in [2.24, 2.45) is 0 Å². The summed E-state index contributed by atoms with van der Waals surface area (Å²) in [6.07, 6.45) is -2.89. The molecule has 140 valence electrons. The number of hydrogen-bond donors (Lipinski definition) is 0. The molecule has 1 saturated heterocycles. The van der Waals surface area contributed by atoms with Gasteiger partial charge in [0.25, 0.3) is 5.91 Å². The van der Waals surface area contributed by atoms with E-state index in [1.165, 1.54) is 18.2 Å². The third-order valence-corrected chi connectivity index (χ3v) is 4.18. The summed E-state index contributed by atoms with van der Waals surface area (Å²) >= 11 is 0. The predicted octanol–water partition coefficient (Wildman–Crippen LogP) is 4.31. The molecule has 0 saturated carbocycles. The van der Waals surface area contributed by atoms with Crippen LogP contribution in [0.15, 0.2) is 60.7 Å². The van der Waals surface area contributed by atoms with Gasteiger partial charge in [-0.05, 0) is 29.7 Å². The molecule has 0 unspecified atom stereocenters. The van der Waals surface area contributed by atoms with E-state index in [0.717, 1.165) is 28.7 Å². The fourth-order valence-corrected chi connectivity index (χ4v) is 2.91. The highest BCUT2D eigenvalue weighted by Gasteiger charge is 2.37. The van der Waals surface area contributed by atoms with E-state index in [0.29, 0.717) is 6.42 Å². The summed E-state index contributed by atoms with van der Waals surface area (Å²) < 4.78 is 44.1. The molecule has 1 heterocycles. The Hall–Kier alpha value is -3.09. The summed E-state index contributed by atoms with van der Waals surface area (Å²) in [5.41, 5.74) is -0.0746. The van der Waals surface area contributed by atoms with Crippen LogP contribution < -0.4 is 0 Å². The smallest absolute Gasteiger partial charge is 0.417 e. The quantitative estimate of drug-likeness (QED) is 0.749. The van der Waals surface area contributed by atoms with Gasteiger partial charge in [-0.1, -0.05) is 48.5 Å². The molecule has 1 aliphatic rings. The van der Waals surface area contributed by atoms with Crippen LogP contribution in [0, 0.1) is 0 Å². The molecule has 2 aromatic rings. The normalized spacial score (nSPS) is 17.4. The van der Waals surface area contributed by atoms with Crippen LogP contribution in [-0.2, 0) is 22.1 Å². The number of hydrogen-bond acceptors (Lipinski definition) is 3. The fraction of sp³-hybridized carbons (Fsp3) is 0.200. The molecular weight excluding hydrogens is 359 g/mol. The highest BCUT2D eigenvalue weighted by atomic mass is 19.4. The van der Waals surface area contributed by atoms with Gasteiger partial charge in [-0.15, -0.1) is 0 Å². The first-order chi connectivity index (χ1) is 12.9. The molecule has 0 spiro atoms. The van der Waals surface area contributed by atoms with Crippen molar-refractivity contribution in [2.75, 3.05) is 6.61 Å². The summed E-state index contributed by atoms with van der Waals surface area (Å²) in [5.74, 6) is -0.713. The Morgan fingerprint density at radius 2 is 1.78 bits per heavy atom. The van der Waals surface area contributed by atoms with Crippen molar-refractivity contribution in [3.63, 3.8) is 0 Å². The first-order valence-electron chi connectivity index (χ1n) is 8.24. The Balaban J connectivity index is 1.78. The second kappa shape index (κ2) is 7.65. The molecule has 3 rings (SSSR count). The number of ether oxygens (including phenoxy) is 1. The molecule has 1 aliphatic heterocycles. The van der Waals surface area contributed by atoms with E-state index in [1.54, 1.807) is 0 Å². The molecule has 4 nitrogen and oxygen atoms in total. The van der Waals surface area contributed by atoms with Gasteiger partial charge in [0, 0.05) is 6.08 Å². The van der Waals surface area contributed by atoms with E-state index in [2.05, 4.69) is 0 Å². The number of benzene rings is 2. The van der Waals surface area contributed by atoms with Crippen molar-refractivity contribution in [2.45, 2.75) is 18.6 Å². The van der Waals surface area contributed by atoms with E-state index in [1.807, 2.05) is 30.3 Å². The maximum Gasteiger partial charge on any atom is 0.417 e. The SMILES string of the molecule is O=C(/C=C/c1ccccc1C(F)(F)F)N1C(=O)OC[C@H]1Cc1ccccc1. The number of imide groups is 1. The van der Waals surface area contributed by atoms with E-state index >= 15 is 0 Å². The van der Waals surface area contributed by atoms with Gasteiger partial charge in [-0.25, -0.2) is 9.69 Å². The van der Waals surface area contributed by atoms with Crippen molar-refractivity contribution < 1.29 is 27.5 Å². The van der Waals surface area contributed by atoms with Crippen LogP contribution in [0.4, 0.5) is 18.0 Å². The van der Waals surface area contributed by atoms with Crippen LogP contribution in [0.3, 0.4) is 0 Å². The Bertz CT molecular complexity index is 862. The monoisotopic (exact) mass is 375 g/mol. The van der Waals surface area contributed by atoms with Crippen molar-refractivity contribution in [1.29, 1.82) is 0 Å². The van der Waals surface area contributed by atoms with Crippen LogP contribution >= 0.6 is 0 Å². The van der Waals surface area contributed by atoms with Crippen molar-refractivity contribution >= 4 is 18.1 Å². The predicted molar refractivity (Wildman–Crippen MR) is 92.6 cm³/mol. The van der Waals surface area contributed by atoms with Crippen LogP contribution in [0.5, 0.6) is 0 Å². The zero-order chi connectivity index (χ0) is 19.4. The Kier molecular flexibility index (Phi) is 5.30. The molecule has 2 amide bonds. The summed E-state index contributed by atoms with van der Waals surface area (Å²) in [5, 5.41) is 0. The van der Waals surface area contributed by atoms with Gasteiger partial charge in [0.1, 0.15) is 6.61 Å². The number of rotatable bonds is 4. The molecular formula is C20H16F3NO3. The zero-order valence-corrected chi connectivity index (χ0v) is 14.1. The van der Waals surface area contributed by atoms with Crippen molar-refractivity contribution in [1.82, 2.24) is 4.90 Å². The number of carbonyl (C=O) groups excluding carboxylic acids is 2. The summed E-state index contributed by atoms with van der Waals surface area (Å²) in [6, 6.07) is 13.7. The molecule has 0 aromatic heterocycles. The maximum atomic E-state index is 13.0. The topological polar surface area (TPSA) is 46.6 Å². The van der Waals surface area contributed by atoms with Gasteiger partial charge in [0.2, 0.25) is 0 Å². The van der Waals surface area contributed by atoms with E-state index in [-0.39, 0.29) is 12.2 Å². The Morgan fingerprint density at radius 3 is 2.48 bits per heavy atom. The van der Waals surface area contributed by atoms with Crippen molar-refractivity contribution in [3.05, 3.63) is 77.4 Å². The van der Waals surface area contributed by atoms with E-state index in [9.17, 15) is 22.8 Å². The third-order valence-electron chi connectivity index (χ3n) is 4.18. The van der Waals surface area contributed by atoms with Gasteiger partial charge in [-0.2, -0.15) is 13.2 Å². The van der Waals surface area contributed by atoms with E-state index in [4.69, 9.17) is 4.74 Å². The van der Waals surface area contributed by atoms with Crippen LogP contribution in [0.25, 0.3) is 6.08 Å². The minimum absolute atomic E-state index is 0.0481. The molecule has 7 heteroatoms. The molecule has 0 aliphatic carbocycles. The zero-order valence-electron chi connectivity index (χ0n) is 14.1. The minimum atomic E-state index is -4.54. The average Bonchev–Trinajstić information content (AvgIpc) is 3.00. The number of carbonyl (C=O) groups is 2. The number of amides is 2. The third kappa shape index (κ3) is 4.36. The number of cyclic esters (lactones) is 1. The lowest BCUT2D eigenvalue weighted by Crippen LogP contribution is -2.39. The number of nitrogens with zero attached hydrogens (tertiary/aromatic N) is 1. The standard InChI is InChI=1S/C20H16F3NO3/c21-20(22,23)17-9-5-4-8-15(17)10-11-18(25)24-16(13-27-19(24)26)12-14-6-2-1-3-7-14/h1-11,16H,12-13H2/b11-10+/t16-/m1/s1. The van der Waals surface area contributed by atoms with Crippen LogP contribution in [0.2, 0.25) is 0 Å². The molecule has 1 atom stereocenters. The highest BCUT2D eigenvalue weighted by Crippen LogP contribution is 2.32.